The van der Waals surface area contributed by atoms with Crippen molar-refractivity contribution in [2.45, 2.75) is 6.42 Å². The lowest BCUT2D eigenvalue weighted by molar-refractivity contribution is -0.111. The van der Waals surface area contributed by atoms with Crippen molar-refractivity contribution < 1.29 is 4.79 Å². The van der Waals surface area contributed by atoms with E-state index in [9.17, 15) is 9.59 Å². The van der Waals surface area contributed by atoms with Gasteiger partial charge in [-0.3, -0.25) is 14.2 Å². The number of nitrogens with one attached hydrogen (secondary N) is 1. The van der Waals surface area contributed by atoms with Gasteiger partial charge in [0.05, 0.1) is 18.1 Å². The fourth-order valence-electron chi connectivity index (χ4n) is 4.24. The van der Waals surface area contributed by atoms with Gasteiger partial charge in [0, 0.05) is 44.0 Å². The van der Waals surface area contributed by atoms with Crippen LogP contribution in [0.3, 0.4) is 0 Å². The Kier molecular flexibility index (Phi) is 6.55. The Bertz CT molecular complexity index is 1450. The van der Waals surface area contributed by atoms with Gasteiger partial charge in [0.25, 0.3) is 5.56 Å². The van der Waals surface area contributed by atoms with Gasteiger partial charge in [0.15, 0.2) is 5.65 Å². The van der Waals surface area contributed by atoms with Crippen LogP contribution in [-0.4, -0.2) is 63.6 Å². The van der Waals surface area contributed by atoms with Gasteiger partial charge in [0.2, 0.25) is 5.91 Å². The normalized spacial score (nSPS) is 14.1. The number of fused-ring (bicyclic) bond motifs is 1. The summed E-state index contributed by atoms with van der Waals surface area (Å²) in [5.41, 5.74) is 4.18. The molecular weight excluding hydrogens is 454 g/mol. The zero-order chi connectivity index (χ0) is 25.1. The van der Waals surface area contributed by atoms with E-state index in [-0.39, 0.29) is 11.5 Å². The predicted molar refractivity (Wildman–Crippen MR) is 141 cm³/mol. The molecule has 1 saturated heterocycles. The number of piperazine rings is 1. The topological polar surface area (TPSA) is 96.2 Å². The molecule has 4 aromatic rings. The fourth-order valence-corrected chi connectivity index (χ4v) is 4.24. The smallest absolute Gasteiger partial charge is 0.275 e. The Labute approximate surface area is 208 Å². The number of nitrogens with zero attached hydrogens (tertiary/aromatic N) is 6. The van der Waals surface area contributed by atoms with Crippen molar-refractivity contribution >= 4 is 28.4 Å². The van der Waals surface area contributed by atoms with E-state index in [1.165, 1.54) is 22.5 Å². The lowest BCUT2D eigenvalue weighted by Gasteiger charge is -2.34. The molecule has 182 valence electrons. The van der Waals surface area contributed by atoms with Gasteiger partial charge in [-0.15, -0.1) is 0 Å². The average Bonchev–Trinajstić information content (AvgIpc) is 2.90. The van der Waals surface area contributed by atoms with Crippen LogP contribution >= 0.6 is 0 Å². The summed E-state index contributed by atoms with van der Waals surface area (Å²) in [6.45, 7) is 7.63. The first-order valence-corrected chi connectivity index (χ1v) is 11.8. The zero-order valence-electron chi connectivity index (χ0n) is 20.1. The lowest BCUT2D eigenvalue weighted by Crippen LogP contribution is -2.44. The third kappa shape index (κ3) is 5.01. The number of carbonyl (C=O) groups is 1. The van der Waals surface area contributed by atoms with Crippen LogP contribution in [0.2, 0.25) is 0 Å². The van der Waals surface area contributed by atoms with E-state index in [2.05, 4.69) is 63.0 Å². The minimum absolute atomic E-state index is 0.299. The maximum Gasteiger partial charge on any atom is 0.275 e. The SMILES string of the molecule is C=CC(=O)Nc1ccc(-n2c(=O)cnc3cnc(Cc4ccc(N5CCN(C)CC5)cc4)nc32)cc1. The van der Waals surface area contributed by atoms with Gasteiger partial charge in [-0.05, 0) is 55.1 Å². The molecular formula is C27H27N7O2. The van der Waals surface area contributed by atoms with Crippen molar-refractivity contribution in [1.82, 2.24) is 24.4 Å². The zero-order valence-corrected chi connectivity index (χ0v) is 20.1. The van der Waals surface area contributed by atoms with E-state index in [0.717, 1.165) is 31.7 Å². The first-order valence-electron chi connectivity index (χ1n) is 11.8. The molecule has 1 aliphatic rings. The summed E-state index contributed by atoms with van der Waals surface area (Å²) in [6.07, 6.45) is 4.64. The van der Waals surface area contributed by atoms with Crippen molar-refractivity contribution in [2.75, 3.05) is 43.4 Å². The summed E-state index contributed by atoms with van der Waals surface area (Å²) in [5, 5.41) is 2.70. The van der Waals surface area contributed by atoms with Crippen LogP contribution < -0.4 is 15.8 Å². The maximum absolute atomic E-state index is 12.8. The molecule has 1 aliphatic heterocycles. The van der Waals surface area contributed by atoms with E-state index in [0.29, 0.717) is 34.8 Å². The van der Waals surface area contributed by atoms with Crippen LogP contribution in [0.25, 0.3) is 16.9 Å². The molecule has 0 radical (unpaired) electrons. The summed E-state index contributed by atoms with van der Waals surface area (Å²) < 4.78 is 1.50. The van der Waals surface area contributed by atoms with E-state index in [4.69, 9.17) is 4.98 Å². The van der Waals surface area contributed by atoms with Crippen molar-refractivity contribution in [3.63, 3.8) is 0 Å². The molecule has 0 saturated carbocycles. The number of benzene rings is 2. The Morgan fingerprint density at radius 1 is 0.972 bits per heavy atom. The summed E-state index contributed by atoms with van der Waals surface area (Å²) in [4.78, 5) is 42.5. The molecule has 0 atom stereocenters. The van der Waals surface area contributed by atoms with E-state index in [1.54, 1.807) is 30.5 Å². The second-order valence-electron chi connectivity index (χ2n) is 8.80. The number of amides is 1. The molecule has 0 unspecified atom stereocenters. The molecule has 9 nitrogen and oxygen atoms in total. The third-order valence-corrected chi connectivity index (χ3v) is 6.29. The predicted octanol–water partition coefficient (Wildman–Crippen LogP) is 2.64. The van der Waals surface area contributed by atoms with Crippen molar-refractivity contribution in [3.8, 4) is 5.69 Å². The highest BCUT2D eigenvalue weighted by Crippen LogP contribution is 2.20. The molecule has 5 rings (SSSR count). The molecule has 1 amide bonds. The highest BCUT2D eigenvalue weighted by Gasteiger charge is 2.15. The third-order valence-electron chi connectivity index (χ3n) is 6.29. The van der Waals surface area contributed by atoms with Gasteiger partial charge in [-0.1, -0.05) is 18.7 Å². The molecule has 0 bridgehead atoms. The lowest BCUT2D eigenvalue weighted by atomic mass is 10.1. The molecule has 3 heterocycles. The highest BCUT2D eigenvalue weighted by molar-refractivity contribution is 5.98. The number of carbonyl (C=O) groups excluding carboxylic acids is 1. The van der Waals surface area contributed by atoms with Crippen LogP contribution in [0.1, 0.15) is 11.4 Å². The minimum Gasteiger partial charge on any atom is -0.369 e. The summed E-state index contributed by atoms with van der Waals surface area (Å²) >= 11 is 0. The van der Waals surface area contributed by atoms with Crippen molar-refractivity contribution in [1.29, 1.82) is 0 Å². The standard InChI is InChI=1S/C27H27N7O2/c1-3-25(35)30-20-6-10-22(11-7-20)34-26(36)18-28-23-17-29-24(31-27(23)34)16-19-4-8-21(9-5-19)33-14-12-32(2)13-15-33/h3-11,17-18H,1,12-16H2,2H3,(H,30,35). The van der Waals surface area contributed by atoms with Crippen LogP contribution in [-0.2, 0) is 11.2 Å². The van der Waals surface area contributed by atoms with Gasteiger partial charge in [-0.2, -0.15) is 0 Å². The van der Waals surface area contributed by atoms with Crippen LogP contribution in [0.5, 0.6) is 0 Å². The number of aromatic nitrogens is 4. The van der Waals surface area contributed by atoms with Gasteiger partial charge in [0.1, 0.15) is 11.3 Å². The first-order chi connectivity index (χ1) is 17.5. The number of likely N-dealkylation sites (N-methyl/N-ethyl adjacent to an activating group) is 1. The molecule has 1 fully saturated rings. The molecule has 0 spiro atoms. The second-order valence-corrected chi connectivity index (χ2v) is 8.80. The minimum atomic E-state index is -0.303. The molecule has 9 heteroatoms. The summed E-state index contributed by atoms with van der Waals surface area (Å²) in [7, 11) is 2.15. The van der Waals surface area contributed by atoms with Crippen molar-refractivity contribution in [3.05, 3.63) is 95.3 Å². The molecule has 2 aromatic heterocycles. The monoisotopic (exact) mass is 481 g/mol. The number of anilines is 2. The summed E-state index contributed by atoms with van der Waals surface area (Å²) in [6, 6.07) is 15.4. The van der Waals surface area contributed by atoms with Crippen LogP contribution in [0.15, 0.2) is 78.4 Å². The highest BCUT2D eigenvalue weighted by atomic mass is 16.1. The van der Waals surface area contributed by atoms with E-state index in [1.807, 2.05) is 0 Å². The number of hydrogen-bond acceptors (Lipinski definition) is 7. The van der Waals surface area contributed by atoms with Gasteiger partial charge in [-0.25, -0.2) is 15.0 Å². The average molecular weight is 482 g/mol. The van der Waals surface area contributed by atoms with Crippen LogP contribution in [0.4, 0.5) is 11.4 Å². The van der Waals surface area contributed by atoms with Gasteiger partial charge < -0.3 is 15.1 Å². The Morgan fingerprint density at radius 2 is 1.67 bits per heavy atom. The van der Waals surface area contributed by atoms with E-state index < -0.39 is 0 Å². The summed E-state index contributed by atoms with van der Waals surface area (Å²) in [5.74, 6) is 0.300. The quantitative estimate of drug-likeness (QED) is 0.423. The Balaban J connectivity index is 1.40. The largest absolute Gasteiger partial charge is 0.369 e. The molecule has 36 heavy (non-hydrogen) atoms. The molecule has 1 N–H and O–H groups in total. The number of rotatable bonds is 6. The molecule has 2 aromatic carbocycles. The fraction of sp³-hybridized carbons (Fsp3) is 0.222. The second kappa shape index (κ2) is 10.1. The van der Waals surface area contributed by atoms with Crippen LogP contribution in [0, 0.1) is 0 Å². The molecule has 0 aliphatic carbocycles. The van der Waals surface area contributed by atoms with Gasteiger partial charge >= 0.3 is 0 Å². The van der Waals surface area contributed by atoms with E-state index >= 15 is 0 Å². The first kappa shape index (κ1) is 23.4. The van der Waals surface area contributed by atoms with Crippen molar-refractivity contribution in [2.24, 2.45) is 0 Å². The Morgan fingerprint density at radius 3 is 2.36 bits per heavy atom. The number of hydrogen-bond donors (Lipinski definition) is 1. The Hall–Kier alpha value is -4.37. The maximum atomic E-state index is 12.8.